The summed E-state index contributed by atoms with van der Waals surface area (Å²) >= 11 is 0. The number of nitrogens with one attached hydrogen (secondary N) is 1. The van der Waals surface area contributed by atoms with E-state index in [4.69, 9.17) is 9.47 Å². The quantitative estimate of drug-likeness (QED) is 0.711. The van der Waals surface area contributed by atoms with E-state index in [1.807, 2.05) is 49.4 Å². The van der Waals surface area contributed by atoms with Gasteiger partial charge in [-0.15, -0.1) is 10.2 Å². The zero-order valence-corrected chi connectivity index (χ0v) is 16.8. The van der Waals surface area contributed by atoms with Crippen molar-refractivity contribution in [1.82, 2.24) is 20.2 Å². The number of hydrogen-bond acceptors (Lipinski definition) is 6. The fraction of sp³-hybridized carbons (Fsp3) is 0.364. The lowest BCUT2D eigenvalue weighted by molar-refractivity contribution is -0.117. The predicted octanol–water partition coefficient (Wildman–Crippen LogP) is 3.72. The number of aryl methyl sites for hydroxylation is 1. The summed E-state index contributed by atoms with van der Waals surface area (Å²) in [5.74, 6) is 1.13. The molecule has 0 unspecified atom stereocenters. The van der Waals surface area contributed by atoms with E-state index in [0.717, 1.165) is 42.6 Å². The van der Waals surface area contributed by atoms with E-state index in [9.17, 15) is 4.79 Å². The fourth-order valence-corrected chi connectivity index (χ4v) is 3.92. The molecular weight excluding hydrogens is 382 g/mol. The number of benzene rings is 2. The number of aromatic nitrogens is 4. The lowest BCUT2D eigenvalue weighted by Crippen LogP contribution is -2.40. The molecule has 30 heavy (non-hydrogen) atoms. The third-order valence-corrected chi connectivity index (χ3v) is 5.48. The van der Waals surface area contributed by atoms with E-state index in [0.29, 0.717) is 17.3 Å². The van der Waals surface area contributed by atoms with E-state index in [1.165, 1.54) is 11.2 Å². The van der Waals surface area contributed by atoms with Gasteiger partial charge in [0.1, 0.15) is 6.54 Å². The molecule has 0 atom stereocenters. The van der Waals surface area contributed by atoms with Crippen molar-refractivity contribution in [2.24, 2.45) is 0 Å². The largest absolute Gasteiger partial charge is 0.448 e. The smallest absolute Gasteiger partial charge is 0.251 e. The Kier molecular flexibility index (Phi) is 4.61. The van der Waals surface area contributed by atoms with Gasteiger partial charge in [-0.25, -0.2) is 0 Å². The second-order valence-electron chi connectivity index (χ2n) is 7.89. The standard InChI is InChI=1S/C22H23N5O3/c1-15-5-7-16(8-6-15)21-24-26-27(25-21)14-20(28)23-17-9-10-18-19(13-17)30-22(29-18)11-3-2-4-12-22/h5-10,13H,2-4,11-12,14H2,1H3,(H,23,28). The first-order valence-electron chi connectivity index (χ1n) is 10.3. The highest BCUT2D eigenvalue weighted by Crippen LogP contribution is 2.46. The Labute approximate surface area is 174 Å². The van der Waals surface area contributed by atoms with E-state index in [1.54, 1.807) is 0 Å². The highest BCUT2D eigenvalue weighted by molar-refractivity contribution is 5.90. The molecule has 0 radical (unpaired) electrons. The SMILES string of the molecule is Cc1ccc(-c2nnn(CC(=O)Nc3ccc4c(c3)OC3(CCCCC3)O4)n2)cc1. The number of fused-ring (bicyclic) bond motifs is 1. The first-order chi connectivity index (χ1) is 14.6. The van der Waals surface area contributed by atoms with Crippen LogP contribution in [0.5, 0.6) is 11.5 Å². The van der Waals surface area contributed by atoms with Crippen LogP contribution in [-0.2, 0) is 11.3 Å². The number of anilines is 1. The lowest BCUT2D eigenvalue weighted by atomic mass is 9.94. The Morgan fingerprint density at radius 1 is 1.07 bits per heavy atom. The summed E-state index contributed by atoms with van der Waals surface area (Å²) in [5, 5.41) is 15.2. The predicted molar refractivity (Wildman–Crippen MR) is 110 cm³/mol. The zero-order valence-electron chi connectivity index (χ0n) is 16.8. The van der Waals surface area contributed by atoms with Crippen molar-refractivity contribution in [3.05, 3.63) is 48.0 Å². The summed E-state index contributed by atoms with van der Waals surface area (Å²) < 4.78 is 12.2. The van der Waals surface area contributed by atoms with Gasteiger partial charge >= 0.3 is 0 Å². The van der Waals surface area contributed by atoms with Crippen molar-refractivity contribution in [3.63, 3.8) is 0 Å². The molecule has 0 bridgehead atoms. The van der Waals surface area contributed by atoms with Gasteiger partial charge in [0.25, 0.3) is 5.79 Å². The molecule has 1 N–H and O–H groups in total. The molecule has 2 aliphatic rings. The molecule has 1 spiro atoms. The normalized spacial score (nSPS) is 16.6. The molecule has 1 fully saturated rings. The van der Waals surface area contributed by atoms with Crippen LogP contribution in [0.25, 0.3) is 11.4 Å². The average Bonchev–Trinajstić information content (AvgIpc) is 3.33. The van der Waals surface area contributed by atoms with Crippen LogP contribution in [-0.4, -0.2) is 31.9 Å². The van der Waals surface area contributed by atoms with Crippen molar-refractivity contribution < 1.29 is 14.3 Å². The van der Waals surface area contributed by atoms with Crippen LogP contribution in [0.2, 0.25) is 0 Å². The summed E-state index contributed by atoms with van der Waals surface area (Å²) in [6, 6.07) is 13.3. The van der Waals surface area contributed by atoms with Crippen LogP contribution in [0, 0.1) is 6.92 Å². The van der Waals surface area contributed by atoms with Gasteiger partial charge in [-0.1, -0.05) is 36.2 Å². The number of tetrazole rings is 1. The number of rotatable bonds is 4. The third-order valence-electron chi connectivity index (χ3n) is 5.48. The molecule has 8 heteroatoms. The molecular formula is C22H23N5O3. The number of hydrogen-bond donors (Lipinski definition) is 1. The molecule has 3 aromatic rings. The van der Waals surface area contributed by atoms with Crippen LogP contribution in [0.4, 0.5) is 5.69 Å². The minimum absolute atomic E-state index is 0.0305. The van der Waals surface area contributed by atoms with Gasteiger partial charge in [0.15, 0.2) is 11.5 Å². The van der Waals surface area contributed by atoms with Crippen molar-refractivity contribution in [2.75, 3.05) is 5.32 Å². The Morgan fingerprint density at radius 2 is 1.83 bits per heavy atom. The van der Waals surface area contributed by atoms with Gasteiger partial charge in [0, 0.05) is 30.2 Å². The minimum atomic E-state index is -0.528. The summed E-state index contributed by atoms with van der Waals surface area (Å²) in [6.45, 7) is 1.99. The van der Waals surface area contributed by atoms with E-state index >= 15 is 0 Å². The van der Waals surface area contributed by atoms with Crippen LogP contribution in [0.1, 0.15) is 37.7 Å². The second kappa shape index (κ2) is 7.44. The number of nitrogens with zero attached hydrogens (tertiary/aromatic N) is 4. The van der Waals surface area contributed by atoms with Crippen molar-refractivity contribution >= 4 is 11.6 Å². The van der Waals surface area contributed by atoms with Gasteiger partial charge in [-0.2, -0.15) is 4.80 Å². The van der Waals surface area contributed by atoms with Gasteiger partial charge in [-0.05, 0) is 37.1 Å². The highest BCUT2D eigenvalue weighted by atomic mass is 16.7. The molecule has 2 aromatic carbocycles. The summed E-state index contributed by atoms with van der Waals surface area (Å²) in [7, 11) is 0. The first-order valence-corrected chi connectivity index (χ1v) is 10.3. The van der Waals surface area contributed by atoms with E-state index in [-0.39, 0.29) is 12.5 Å². The van der Waals surface area contributed by atoms with Crippen molar-refractivity contribution in [2.45, 2.75) is 51.4 Å². The van der Waals surface area contributed by atoms with Gasteiger partial charge in [0.2, 0.25) is 11.7 Å². The molecule has 0 saturated heterocycles. The molecule has 5 rings (SSSR count). The minimum Gasteiger partial charge on any atom is -0.448 e. The molecule has 1 saturated carbocycles. The van der Waals surface area contributed by atoms with E-state index in [2.05, 4.69) is 20.7 Å². The van der Waals surface area contributed by atoms with Gasteiger partial charge in [-0.3, -0.25) is 4.79 Å². The molecule has 1 aliphatic heterocycles. The Morgan fingerprint density at radius 3 is 2.63 bits per heavy atom. The Balaban J connectivity index is 1.23. The molecule has 1 aliphatic carbocycles. The van der Waals surface area contributed by atoms with Crippen molar-refractivity contribution in [3.8, 4) is 22.9 Å². The molecule has 1 aromatic heterocycles. The maximum absolute atomic E-state index is 12.5. The zero-order chi connectivity index (χ0) is 20.6. The van der Waals surface area contributed by atoms with Crippen molar-refractivity contribution in [1.29, 1.82) is 0 Å². The molecule has 154 valence electrons. The number of ether oxygens (including phenoxy) is 2. The number of carbonyl (C=O) groups is 1. The van der Waals surface area contributed by atoms with E-state index < -0.39 is 5.79 Å². The van der Waals surface area contributed by atoms with Crippen LogP contribution in [0.15, 0.2) is 42.5 Å². The third kappa shape index (κ3) is 3.72. The second-order valence-corrected chi connectivity index (χ2v) is 7.89. The average molecular weight is 405 g/mol. The van der Waals surface area contributed by atoms with Gasteiger partial charge < -0.3 is 14.8 Å². The van der Waals surface area contributed by atoms with Gasteiger partial charge in [0.05, 0.1) is 0 Å². The Hall–Kier alpha value is -3.42. The topological polar surface area (TPSA) is 91.2 Å². The number of amides is 1. The maximum Gasteiger partial charge on any atom is 0.251 e. The molecule has 1 amide bonds. The number of carbonyl (C=O) groups excluding carboxylic acids is 1. The first kappa shape index (κ1) is 18.6. The Bertz CT molecular complexity index is 1070. The molecule has 2 heterocycles. The lowest BCUT2D eigenvalue weighted by Gasteiger charge is -2.31. The molecule has 8 nitrogen and oxygen atoms in total. The summed E-state index contributed by atoms with van der Waals surface area (Å²) in [5.41, 5.74) is 2.66. The summed E-state index contributed by atoms with van der Waals surface area (Å²) in [6.07, 6.45) is 5.21. The highest BCUT2D eigenvalue weighted by Gasteiger charge is 2.42. The van der Waals surface area contributed by atoms with Crippen LogP contribution < -0.4 is 14.8 Å². The summed E-state index contributed by atoms with van der Waals surface area (Å²) in [4.78, 5) is 13.7. The van der Waals surface area contributed by atoms with Crippen LogP contribution in [0.3, 0.4) is 0 Å². The maximum atomic E-state index is 12.5. The fourth-order valence-electron chi connectivity index (χ4n) is 3.92. The van der Waals surface area contributed by atoms with Crippen LogP contribution >= 0.6 is 0 Å². The monoisotopic (exact) mass is 405 g/mol.